The lowest BCUT2D eigenvalue weighted by Crippen LogP contribution is -2.24. The van der Waals surface area contributed by atoms with Gasteiger partial charge in [0.15, 0.2) is 0 Å². The molecule has 0 spiro atoms. The number of alkyl halides is 1. The minimum atomic E-state index is -3.70. The molecule has 0 saturated carbocycles. The van der Waals surface area contributed by atoms with E-state index < -0.39 is 15.9 Å². The van der Waals surface area contributed by atoms with E-state index in [9.17, 15) is 12.8 Å². The van der Waals surface area contributed by atoms with Gasteiger partial charge in [-0.05, 0) is 0 Å². The Balaban J connectivity index is 3.90. The van der Waals surface area contributed by atoms with Crippen LogP contribution in [-0.2, 0) is 9.24 Å². The van der Waals surface area contributed by atoms with Crippen molar-refractivity contribution in [2.75, 3.05) is 20.3 Å². The van der Waals surface area contributed by atoms with Gasteiger partial charge in [0, 0.05) is 24.3 Å². The molecule has 0 atom stereocenters. The lowest BCUT2D eigenvalue weighted by atomic mass is 10.7. The summed E-state index contributed by atoms with van der Waals surface area (Å²) in [5.74, 6) is 0. The molecule has 0 amide bonds. The maximum Gasteiger partial charge on any atom is 0.299 e. The molecule has 0 aromatic carbocycles. The van der Waals surface area contributed by atoms with E-state index in [0.717, 1.165) is 4.31 Å². The Bertz CT molecular complexity index is 169. The highest BCUT2D eigenvalue weighted by Gasteiger charge is 2.11. The van der Waals surface area contributed by atoms with Gasteiger partial charge in [-0.3, -0.25) is 0 Å². The Labute approximate surface area is 58.0 Å². The molecule has 3 nitrogen and oxygen atoms in total. The van der Waals surface area contributed by atoms with Crippen LogP contribution in [0, 0.1) is 0 Å². The molecule has 0 aromatic heterocycles. The molecule has 0 N–H and O–H groups in total. The molecular weight excluding hydrogens is 169 g/mol. The Morgan fingerprint density at radius 2 is 2.11 bits per heavy atom. The van der Waals surface area contributed by atoms with Gasteiger partial charge in [0.25, 0.3) is 9.24 Å². The molecule has 0 radical (unpaired) electrons. The molecule has 6 heteroatoms. The summed E-state index contributed by atoms with van der Waals surface area (Å²) in [5.41, 5.74) is 0. The van der Waals surface area contributed by atoms with Gasteiger partial charge in [-0.1, -0.05) is 0 Å². The smallest absolute Gasteiger partial charge is 0.250 e. The van der Waals surface area contributed by atoms with Crippen molar-refractivity contribution in [1.82, 2.24) is 4.31 Å². The molecule has 0 rings (SSSR count). The van der Waals surface area contributed by atoms with Crippen LogP contribution in [0.2, 0.25) is 0 Å². The van der Waals surface area contributed by atoms with Crippen LogP contribution in [0.3, 0.4) is 0 Å². The number of hydrogen-bond acceptors (Lipinski definition) is 2. The van der Waals surface area contributed by atoms with E-state index in [-0.39, 0.29) is 6.54 Å². The number of halogens is 2. The van der Waals surface area contributed by atoms with E-state index >= 15 is 0 Å². The summed E-state index contributed by atoms with van der Waals surface area (Å²) in [4.78, 5) is 0. The van der Waals surface area contributed by atoms with E-state index in [2.05, 4.69) is 0 Å². The molecule has 0 heterocycles. The summed E-state index contributed by atoms with van der Waals surface area (Å²) in [5, 5.41) is 0. The summed E-state index contributed by atoms with van der Waals surface area (Å²) in [7, 11) is 2.30. The molecule has 0 bridgehead atoms. The molecule has 0 aliphatic rings. The molecule has 0 unspecified atom stereocenters. The average Bonchev–Trinajstić information content (AvgIpc) is 1.64. The standard InChI is InChI=1S/C3H7ClFNO2S/c1-6(3-2-5)9(4,7)8/h2-3H2,1H3. The van der Waals surface area contributed by atoms with Crippen LogP contribution in [0.25, 0.3) is 0 Å². The zero-order chi connectivity index (χ0) is 7.49. The zero-order valence-corrected chi connectivity index (χ0v) is 6.41. The van der Waals surface area contributed by atoms with Gasteiger partial charge in [-0.2, -0.15) is 12.7 Å². The highest BCUT2D eigenvalue weighted by molar-refractivity contribution is 8.11. The summed E-state index contributed by atoms with van der Waals surface area (Å²) in [6, 6.07) is 0. The Kier molecular flexibility index (Phi) is 3.38. The second-order valence-electron chi connectivity index (χ2n) is 1.45. The van der Waals surface area contributed by atoms with Crippen molar-refractivity contribution in [3.05, 3.63) is 0 Å². The van der Waals surface area contributed by atoms with Crippen LogP contribution < -0.4 is 0 Å². The zero-order valence-electron chi connectivity index (χ0n) is 4.84. The fraction of sp³-hybridized carbons (Fsp3) is 1.00. The predicted octanol–water partition coefficient (Wildman–Crippen LogP) is 0.371. The maximum atomic E-state index is 11.4. The van der Waals surface area contributed by atoms with E-state index in [1.54, 1.807) is 0 Å². The van der Waals surface area contributed by atoms with Crippen LogP contribution >= 0.6 is 10.7 Å². The number of nitrogens with zero attached hydrogens (tertiary/aromatic N) is 1. The molecule has 9 heavy (non-hydrogen) atoms. The molecule has 56 valence electrons. The quantitative estimate of drug-likeness (QED) is 0.582. The third-order valence-electron chi connectivity index (χ3n) is 0.772. The third kappa shape index (κ3) is 3.66. The molecule has 0 aliphatic carbocycles. The van der Waals surface area contributed by atoms with E-state index in [1.165, 1.54) is 7.05 Å². The first-order valence-corrected chi connectivity index (χ1v) is 4.47. The van der Waals surface area contributed by atoms with Crippen molar-refractivity contribution in [1.29, 1.82) is 0 Å². The summed E-state index contributed by atoms with van der Waals surface area (Å²) >= 11 is 0. The highest BCUT2D eigenvalue weighted by Crippen LogP contribution is 2.01. The van der Waals surface area contributed by atoms with Crippen molar-refractivity contribution in [2.45, 2.75) is 0 Å². The van der Waals surface area contributed by atoms with Gasteiger partial charge >= 0.3 is 0 Å². The predicted molar refractivity (Wildman–Crippen MR) is 33.4 cm³/mol. The molecule has 0 aromatic rings. The van der Waals surface area contributed by atoms with Crippen LogP contribution in [0.15, 0.2) is 0 Å². The lowest BCUT2D eigenvalue weighted by molar-refractivity contribution is 0.400. The Hall–Kier alpha value is 0.130. The summed E-state index contributed by atoms with van der Waals surface area (Å²) < 4.78 is 32.6. The monoisotopic (exact) mass is 175 g/mol. The summed E-state index contributed by atoms with van der Waals surface area (Å²) in [6.07, 6.45) is 0. The molecule has 0 saturated heterocycles. The van der Waals surface area contributed by atoms with E-state index in [4.69, 9.17) is 10.7 Å². The van der Waals surface area contributed by atoms with Crippen molar-refractivity contribution < 1.29 is 12.8 Å². The van der Waals surface area contributed by atoms with Crippen LogP contribution in [0.4, 0.5) is 4.39 Å². The fourth-order valence-electron chi connectivity index (χ4n) is 0.228. The van der Waals surface area contributed by atoms with Gasteiger partial charge < -0.3 is 0 Å². The normalized spacial score (nSPS) is 12.4. The first-order valence-electron chi connectivity index (χ1n) is 2.20. The van der Waals surface area contributed by atoms with E-state index in [1.807, 2.05) is 0 Å². The molecule has 0 fully saturated rings. The first kappa shape index (κ1) is 9.13. The Morgan fingerprint density at radius 1 is 1.67 bits per heavy atom. The minimum absolute atomic E-state index is 0.189. The second kappa shape index (κ2) is 3.34. The van der Waals surface area contributed by atoms with Gasteiger partial charge in [-0.15, -0.1) is 0 Å². The second-order valence-corrected chi connectivity index (χ2v) is 4.07. The largest absolute Gasteiger partial charge is 0.299 e. The maximum absolute atomic E-state index is 11.4. The third-order valence-corrected chi connectivity index (χ3v) is 2.41. The minimum Gasteiger partial charge on any atom is -0.250 e. The van der Waals surface area contributed by atoms with Crippen LogP contribution in [0.5, 0.6) is 0 Å². The Morgan fingerprint density at radius 3 is 2.22 bits per heavy atom. The average molecular weight is 176 g/mol. The summed E-state index contributed by atoms with van der Waals surface area (Å²) in [6.45, 7) is -0.908. The molecule has 0 aliphatic heterocycles. The van der Waals surface area contributed by atoms with Crippen molar-refractivity contribution in [3.8, 4) is 0 Å². The topological polar surface area (TPSA) is 37.4 Å². The van der Waals surface area contributed by atoms with Gasteiger partial charge in [0.05, 0.1) is 0 Å². The SMILES string of the molecule is CN(CCF)S(=O)(=O)Cl. The lowest BCUT2D eigenvalue weighted by Gasteiger charge is -2.07. The number of rotatable bonds is 3. The van der Waals surface area contributed by atoms with Crippen LogP contribution in [-0.4, -0.2) is 33.0 Å². The van der Waals surface area contributed by atoms with Gasteiger partial charge in [-0.25, -0.2) is 4.39 Å². The van der Waals surface area contributed by atoms with Gasteiger partial charge in [0.2, 0.25) is 0 Å². The van der Waals surface area contributed by atoms with Crippen molar-refractivity contribution in [3.63, 3.8) is 0 Å². The first-order chi connectivity index (χ1) is 3.98. The van der Waals surface area contributed by atoms with Gasteiger partial charge in [0.1, 0.15) is 6.67 Å². The highest BCUT2D eigenvalue weighted by atomic mass is 35.7. The fourth-order valence-corrected chi connectivity index (χ4v) is 0.722. The van der Waals surface area contributed by atoms with Crippen molar-refractivity contribution >= 4 is 19.9 Å². The van der Waals surface area contributed by atoms with Crippen molar-refractivity contribution in [2.24, 2.45) is 0 Å². The molecular formula is C3H7ClFNO2S. The van der Waals surface area contributed by atoms with E-state index in [0.29, 0.717) is 0 Å². The number of hydrogen-bond donors (Lipinski definition) is 0. The van der Waals surface area contributed by atoms with Crippen LogP contribution in [0.1, 0.15) is 0 Å².